The van der Waals surface area contributed by atoms with Gasteiger partial charge in [-0.05, 0) is 36.6 Å². The van der Waals surface area contributed by atoms with Crippen molar-refractivity contribution in [3.8, 4) is 5.88 Å². The van der Waals surface area contributed by atoms with Crippen LogP contribution in [0.25, 0.3) is 10.9 Å². The predicted molar refractivity (Wildman–Crippen MR) is 132 cm³/mol. The number of nitrogens with zero attached hydrogens (tertiary/aromatic N) is 4. The zero-order valence-corrected chi connectivity index (χ0v) is 21.2. The second-order valence-electron chi connectivity index (χ2n) is 8.58. The average molecular weight is 520 g/mol. The molecular formula is C23H26ClN5O5S. The lowest BCUT2D eigenvalue weighted by Gasteiger charge is -2.23. The first-order valence-electron chi connectivity index (χ1n) is 11.1. The van der Waals surface area contributed by atoms with E-state index in [1.54, 1.807) is 31.2 Å². The van der Waals surface area contributed by atoms with Crippen molar-refractivity contribution in [2.24, 2.45) is 7.05 Å². The molecule has 35 heavy (non-hydrogen) atoms. The van der Waals surface area contributed by atoms with Crippen molar-refractivity contribution >= 4 is 38.4 Å². The van der Waals surface area contributed by atoms with E-state index < -0.39 is 26.2 Å². The smallest absolute Gasteiger partial charge is 0.263 e. The van der Waals surface area contributed by atoms with Crippen molar-refractivity contribution in [2.75, 3.05) is 20.2 Å². The molecule has 10 nitrogen and oxygen atoms in total. The van der Waals surface area contributed by atoms with Crippen LogP contribution in [0, 0.1) is 0 Å². The summed E-state index contributed by atoms with van der Waals surface area (Å²) < 4.78 is 33.1. The number of aromatic nitrogens is 3. The van der Waals surface area contributed by atoms with Gasteiger partial charge in [-0.3, -0.25) is 9.59 Å². The number of carbonyl (C=O) groups excluding carboxylic acids is 1. The fourth-order valence-electron chi connectivity index (χ4n) is 3.77. The van der Waals surface area contributed by atoms with E-state index in [9.17, 15) is 18.0 Å². The number of rotatable bonds is 9. The summed E-state index contributed by atoms with van der Waals surface area (Å²) in [7, 11) is -0.496. The number of carbonyl (C=O) groups is 1. The van der Waals surface area contributed by atoms with E-state index in [0.717, 1.165) is 5.56 Å². The van der Waals surface area contributed by atoms with Gasteiger partial charge in [-0.1, -0.05) is 30.7 Å². The predicted octanol–water partition coefficient (Wildman–Crippen LogP) is 2.10. The second kappa shape index (κ2) is 9.56. The quantitative estimate of drug-likeness (QED) is 0.459. The third-order valence-electron chi connectivity index (χ3n) is 6.29. The topological polar surface area (TPSA) is 123 Å². The highest BCUT2D eigenvalue weighted by molar-refractivity contribution is 7.90. The lowest BCUT2D eigenvalue weighted by Crippen LogP contribution is -2.41. The van der Waals surface area contributed by atoms with Crippen molar-refractivity contribution in [1.29, 1.82) is 0 Å². The van der Waals surface area contributed by atoms with Gasteiger partial charge in [-0.25, -0.2) is 12.7 Å². The molecule has 1 amide bonds. The molecule has 0 unspecified atom stereocenters. The Hall–Kier alpha value is -3.02. The fraction of sp³-hybridized carbons (Fsp3) is 0.391. The summed E-state index contributed by atoms with van der Waals surface area (Å²) in [5.74, 6) is -0.497. The van der Waals surface area contributed by atoms with Crippen LogP contribution < -0.4 is 15.6 Å². The molecule has 1 aliphatic rings. The van der Waals surface area contributed by atoms with Gasteiger partial charge in [-0.15, -0.1) is 5.10 Å². The standard InChI is InChI=1S/C23H26ClN5O5S/c1-4-28(2)35(32,33)23(9-10-23)14-34-21-19-16(13-26-27-21)11-18(22(31)29(19)3)20(30)25-12-15-5-7-17(24)8-6-15/h5-8,11,13H,4,9-10,12,14H2,1-3H3,(H,25,30). The van der Waals surface area contributed by atoms with Crippen LogP contribution in [-0.2, 0) is 23.6 Å². The number of halogens is 1. The van der Waals surface area contributed by atoms with Crippen LogP contribution in [0.4, 0.5) is 0 Å². The molecular weight excluding hydrogens is 494 g/mol. The first-order valence-corrected chi connectivity index (χ1v) is 12.9. The zero-order valence-electron chi connectivity index (χ0n) is 19.6. The Labute approximate surface area is 207 Å². The Bertz CT molecular complexity index is 1440. The van der Waals surface area contributed by atoms with E-state index >= 15 is 0 Å². The molecule has 0 bridgehead atoms. The Balaban J connectivity index is 1.58. The minimum absolute atomic E-state index is 0.0378. The zero-order chi connectivity index (χ0) is 25.4. The molecule has 2 aromatic heterocycles. The third-order valence-corrected chi connectivity index (χ3v) is 9.24. The highest BCUT2D eigenvalue weighted by atomic mass is 35.5. The second-order valence-corrected chi connectivity index (χ2v) is 11.5. The minimum Gasteiger partial charge on any atom is -0.473 e. The number of sulfonamides is 1. The Morgan fingerprint density at radius 2 is 1.97 bits per heavy atom. The molecule has 1 aromatic carbocycles. The van der Waals surface area contributed by atoms with Crippen molar-refractivity contribution in [3.63, 3.8) is 0 Å². The molecule has 1 fully saturated rings. The summed E-state index contributed by atoms with van der Waals surface area (Å²) in [5.41, 5.74) is 0.568. The van der Waals surface area contributed by atoms with Gasteiger partial charge >= 0.3 is 0 Å². The molecule has 2 heterocycles. The van der Waals surface area contributed by atoms with E-state index in [4.69, 9.17) is 16.3 Å². The summed E-state index contributed by atoms with van der Waals surface area (Å²) in [5, 5.41) is 11.7. The van der Waals surface area contributed by atoms with E-state index in [1.165, 1.54) is 35.2 Å². The van der Waals surface area contributed by atoms with Gasteiger partial charge in [-0.2, -0.15) is 5.10 Å². The lowest BCUT2D eigenvalue weighted by molar-refractivity contribution is 0.0949. The highest BCUT2D eigenvalue weighted by Crippen LogP contribution is 2.45. The van der Waals surface area contributed by atoms with Crippen LogP contribution >= 0.6 is 11.6 Å². The van der Waals surface area contributed by atoms with Gasteiger partial charge in [0.25, 0.3) is 17.3 Å². The van der Waals surface area contributed by atoms with Crippen molar-refractivity contribution in [3.05, 3.63) is 63.0 Å². The Morgan fingerprint density at radius 3 is 2.60 bits per heavy atom. The Kier molecular flexibility index (Phi) is 6.85. The largest absolute Gasteiger partial charge is 0.473 e. The van der Waals surface area contributed by atoms with Crippen molar-refractivity contribution in [2.45, 2.75) is 31.1 Å². The summed E-state index contributed by atoms with van der Waals surface area (Å²) in [6, 6.07) is 8.44. The number of nitrogens with one attached hydrogen (secondary N) is 1. The Morgan fingerprint density at radius 1 is 1.29 bits per heavy atom. The van der Waals surface area contributed by atoms with Crippen LogP contribution in [0.5, 0.6) is 5.88 Å². The van der Waals surface area contributed by atoms with Crippen LogP contribution in [0.2, 0.25) is 5.02 Å². The monoisotopic (exact) mass is 519 g/mol. The first kappa shape index (κ1) is 25.1. The molecule has 12 heteroatoms. The van der Waals surface area contributed by atoms with Gasteiger partial charge in [0.1, 0.15) is 22.4 Å². The molecule has 0 saturated heterocycles. The molecule has 1 N–H and O–H groups in total. The summed E-state index contributed by atoms with van der Waals surface area (Å²) in [6.07, 6.45) is 2.38. The van der Waals surface area contributed by atoms with Crippen LogP contribution in [-0.4, -0.2) is 58.3 Å². The molecule has 0 radical (unpaired) electrons. The number of aryl methyl sites for hydroxylation is 1. The molecule has 1 saturated carbocycles. The maximum absolute atomic E-state index is 13.0. The van der Waals surface area contributed by atoms with Crippen molar-refractivity contribution < 1.29 is 17.9 Å². The van der Waals surface area contributed by atoms with E-state index in [1.807, 2.05) is 0 Å². The number of ether oxygens (including phenoxy) is 1. The van der Waals surface area contributed by atoms with Crippen LogP contribution in [0.15, 0.2) is 41.3 Å². The van der Waals surface area contributed by atoms with Gasteiger partial charge in [0, 0.05) is 37.6 Å². The molecule has 4 rings (SSSR count). The number of pyridine rings is 1. The maximum Gasteiger partial charge on any atom is 0.263 e. The molecule has 186 valence electrons. The van der Waals surface area contributed by atoms with Gasteiger partial charge in [0.2, 0.25) is 10.0 Å². The normalized spacial score (nSPS) is 14.8. The fourth-order valence-corrected chi connectivity index (χ4v) is 5.73. The number of hydrogen-bond donors (Lipinski definition) is 1. The lowest BCUT2D eigenvalue weighted by atomic mass is 10.1. The summed E-state index contributed by atoms with van der Waals surface area (Å²) >= 11 is 5.89. The maximum atomic E-state index is 13.0. The number of amides is 1. The van der Waals surface area contributed by atoms with Crippen LogP contribution in [0.1, 0.15) is 35.7 Å². The summed E-state index contributed by atoms with van der Waals surface area (Å²) in [6.45, 7) is 2.24. The van der Waals surface area contributed by atoms with Gasteiger partial charge < -0.3 is 14.6 Å². The first-order chi connectivity index (χ1) is 16.6. The highest BCUT2D eigenvalue weighted by Gasteiger charge is 2.57. The molecule has 0 spiro atoms. The van der Waals surface area contributed by atoms with Gasteiger partial charge in [0.05, 0.1) is 6.20 Å². The molecule has 1 aliphatic carbocycles. The molecule has 3 aromatic rings. The number of hydrogen-bond acceptors (Lipinski definition) is 7. The third kappa shape index (κ3) is 4.75. The minimum atomic E-state index is -3.54. The average Bonchev–Trinajstić information content (AvgIpc) is 3.65. The number of fused-ring (bicyclic) bond motifs is 1. The van der Waals surface area contributed by atoms with E-state index in [0.29, 0.717) is 35.3 Å². The van der Waals surface area contributed by atoms with Crippen molar-refractivity contribution in [1.82, 2.24) is 24.4 Å². The van der Waals surface area contributed by atoms with E-state index in [2.05, 4.69) is 15.5 Å². The molecule has 0 atom stereocenters. The number of benzene rings is 1. The van der Waals surface area contributed by atoms with Gasteiger partial charge in [0.15, 0.2) is 0 Å². The molecule has 0 aliphatic heterocycles. The summed E-state index contributed by atoms with van der Waals surface area (Å²) in [4.78, 5) is 25.8. The van der Waals surface area contributed by atoms with Crippen LogP contribution in [0.3, 0.4) is 0 Å². The SMILES string of the molecule is CCN(C)S(=O)(=O)C1(COc2nncc3cc(C(=O)NCc4ccc(Cl)cc4)c(=O)n(C)c23)CC1. The van der Waals surface area contributed by atoms with E-state index in [-0.39, 0.29) is 24.6 Å².